The molecule has 0 aliphatic heterocycles. The average molecular weight is 348 g/mol. The molecule has 0 atom stereocenters. The molecule has 8 heteroatoms. The Morgan fingerprint density at radius 1 is 1.08 bits per heavy atom. The molecule has 2 rings (SSSR count). The first-order valence-corrected chi connectivity index (χ1v) is 9.19. The summed E-state index contributed by atoms with van der Waals surface area (Å²) in [6.45, 7) is 2.07. The predicted octanol–water partition coefficient (Wildman–Crippen LogP) is 2.80. The van der Waals surface area contributed by atoms with Gasteiger partial charge in [0.05, 0.1) is 4.90 Å². The molecule has 128 valence electrons. The lowest BCUT2D eigenvalue weighted by Crippen LogP contribution is -2.15. The van der Waals surface area contributed by atoms with Gasteiger partial charge < -0.3 is 5.32 Å². The predicted molar refractivity (Wildman–Crippen MR) is 92.1 cm³/mol. The molecule has 0 saturated heterocycles. The number of aromatic nitrogens is 2. The van der Waals surface area contributed by atoms with Gasteiger partial charge in [-0.2, -0.15) is 0 Å². The normalized spacial score (nSPS) is 11.0. The molecule has 0 aliphatic carbocycles. The Morgan fingerprint density at radius 2 is 1.75 bits per heavy atom. The van der Waals surface area contributed by atoms with Crippen LogP contribution in [0, 0.1) is 0 Å². The number of hydrogen-bond acceptors (Lipinski definition) is 5. The summed E-state index contributed by atoms with van der Waals surface area (Å²) in [6.07, 6.45) is 6.26. The van der Waals surface area contributed by atoms with E-state index in [-0.39, 0.29) is 16.8 Å². The largest absolute Gasteiger partial charge is 0.326 e. The van der Waals surface area contributed by atoms with E-state index in [9.17, 15) is 13.2 Å². The number of sulfonamides is 1. The SMILES string of the molecule is CCCCCC(=O)Nc1ccc(S(=O)(=O)Nc2ncccn2)cc1. The topological polar surface area (TPSA) is 101 Å². The van der Waals surface area contributed by atoms with E-state index >= 15 is 0 Å². The van der Waals surface area contributed by atoms with E-state index in [1.165, 1.54) is 24.5 Å². The Labute approximate surface area is 141 Å². The van der Waals surface area contributed by atoms with E-state index in [0.29, 0.717) is 12.1 Å². The first kappa shape index (κ1) is 17.9. The van der Waals surface area contributed by atoms with Crippen molar-refractivity contribution in [1.29, 1.82) is 0 Å². The van der Waals surface area contributed by atoms with Crippen LogP contribution in [-0.2, 0) is 14.8 Å². The summed E-state index contributed by atoms with van der Waals surface area (Å²) < 4.78 is 26.8. The molecule has 7 nitrogen and oxygen atoms in total. The molecule has 1 aromatic carbocycles. The zero-order valence-corrected chi connectivity index (χ0v) is 14.2. The van der Waals surface area contributed by atoms with Gasteiger partial charge in [-0.25, -0.2) is 23.1 Å². The summed E-state index contributed by atoms with van der Waals surface area (Å²) in [5.74, 6) is -0.0688. The quantitative estimate of drug-likeness (QED) is 0.714. The highest BCUT2D eigenvalue weighted by Crippen LogP contribution is 2.16. The number of unbranched alkanes of at least 4 members (excludes halogenated alkanes) is 2. The standard InChI is InChI=1S/C16H20N4O3S/c1-2-3-4-6-15(21)19-13-7-9-14(10-8-13)24(22,23)20-16-17-11-5-12-18-16/h5,7-12H,2-4,6H2,1H3,(H,19,21)(H,17,18,20). The van der Waals surface area contributed by atoms with Gasteiger partial charge in [-0.1, -0.05) is 19.8 Å². The van der Waals surface area contributed by atoms with Crippen LogP contribution in [0.15, 0.2) is 47.6 Å². The fraction of sp³-hybridized carbons (Fsp3) is 0.312. The highest BCUT2D eigenvalue weighted by Gasteiger charge is 2.15. The zero-order chi connectivity index (χ0) is 17.4. The van der Waals surface area contributed by atoms with E-state index in [1.54, 1.807) is 18.2 Å². The number of hydrogen-bond donors (Lipinski definition) is 2. The number of amides is 1. The summed E-state index contributed by atoms with van der Waals surface area (Å²) in [5.41, 5.74) is 0.561. The fourth-order valence-corrected chi connectivity index (χ4v) is 2.97. The van der Waals surface area contributed by atoms with Crippen LogP contribution in [0.4, 0.5) is 11.6 Å². The van der Waals surface area contributed by atoms with Crippen LogP contribution in [-0.4, -0.2) is 24.3 Å². The Kier molecular flexibility index (Phi) is 6.25. The number of nitrogens with one attached hydrogen (secondary N) is 2. The van der Waals surface area contributed by atoms with E-state index in [4.69, 9.17) is 0 Å². The van der Waals surface area contributed by atoms with Crippen LogP contribution in [0.1, 0.15) is 32.6 Å². The second kappa shape index (κ2) is 8.39. The van der Waals surface area contributed by atoms with Crippen LogP contribution in [0.3, 0.4) is 0 Å². The molecule has 0 unspecified atom stereocenters. The van der Waals surface area contributed by atoms with Crippen LogP contribution in [0.5, 0.6) is 0 Å². The molecule has 2 aromatic rings. The van der Waals surface area contributed by atoms with Crippen molar-refractivity contribution in [3.8, 4) is 0 Å². The van der Waals surface area contributed by atoms with E-state index in [1.807, 2.05) is 0 Å². The van der Waals surface area contributed by atoms with Gasteiger partial charge in [0.1, 0.15) is 0 Å². The molecule has 0 spiro atoms. The summed E-state index contributed by atoms with van der Waals surface area (Å²) in [6, 6.07) is 7.55. The second-order valence-electron chi connectivity index (χ2n) is 5.21. The van der Waals surface area contributed by atoms with Crippen LogP contribution in [0.25, 0.3) is 0 Å². The molecule has 0 bridgehead atoms. The Bertz CT molecular complexity index is 762. The van der Waals surface area contributed by atoms with Crippen molar-refractivity contribution < 1.29 is 13.2 Å². The Hall–Kier alpha value is -2.48. The number of carbonyl (C=O) groups is 1. The second-order valence-corrected chi connectivity index (χ2v) is 6.89. The third kappa shape index (κ3) is 5.31. The minimum absolute atomic E-state index is 0.00537. The maximum atomic E-state index is 12.2. The van der Waals surface area contributed by atoms with Crippen LogP contribution >= 0.6 is 0 Å². The number of nitrogens with zero attached hydrogens (tertiary/aromatic N) is 2. The first-order chi connectivity index (χ1) is 11.5. The van der Waals surface area contributed by atoms with Crippen LogP contribution < -0.4 is 10.0 Å². The Balaban J connectivity index is 1.99. The van der Waals surface area contributed by atoms with Gasteiger partial charge in [0.15, 0.2) is 0 Å². The van der Waals surface area contributed by atoms with Crippen molar-refractivity contribution in [2.24, 2.45) is 0 Å². The lowest BCUT2D eigenvalue weighted by atomic mass is 10.2. The number of rotatable bonds is 8. The Morgan fingerprint density at radius 3 is 2.38 bits per heavy atom. The van der Waals surface area contributed by atoms with Gasteiger partial charge in [0.2, 0.25) is 11.9 Å². The van der Waals surface area contributed by atoms with Crippen molar-refractivity contribution in [3.63, 3.8) is 0 Å². The summed E-state index contributed by atoms with van der Waals surface area (Å²) in [7, 11) is -3.76. The minimum atomic E-state index is -3.76. The summed E-state index contributed by atoms with van der Waals surface area (Å²) in [4.78, 5) is 19.5. The van der Waals surface area contributed by atoms with Crippen molar-refractivity contribution in [2.75, 3.05) is 10.0 Å². The lowest BCUT2D eigenvalue weighted by Gasteiger charge is -2.08. The lowest BCUT2D eigenvalue weighted by molar-refractivity contribution is -0.116. The fourth-order valence-electron chi connectivity index (χ4n) is 2.01. The van der Waals surface area contributed by atoms with Crippen LogP contribution in [0.2, 0.25) is 0 Å². The van der Waals surface area contributed by atoms with Gasteiger partial charge in [-0.05, 0) is 36.8 Å². The van der Waals surface area contributed by atoms with Gasteiger partial charge in [-0.15, -0.1) is 0 Å². The number of carbonyl (C=O) groups excluding carboxylic acids is 1. The zero-order valence-electron chi connectivity index (χ0n) is 13.4. The molecule has 1 heterocycles. The van der Waals surface area contributed by atoms with Crippen molar-refractivity contribution in [3.05, 3.63) is 42.7 Å². The van der Waals surface area contributed by atoms with E-state index in [2.05, 4.69) is 26.9 Å². The highest BCUT2D eigenvalue weighted by molar-refractivity contribution is 7.92. The van der Waals surface area contributed by atoms with Gasteiger partial charge in [0, 0.05) is 24.5 Å². The average Bonchev–Trinajstić information content (AvgIpc) is 2.56. The summed E-state index contributed by atoms with van der Waals surface area (Å²) in [5, 5.41) is 2.75. The smallest absolute Gasteiger partial charge is 0.264 e. The molecule has 0 saturated carbocycles. The molecule has 1 aromatic heterocycles. The van der Waals surface area contributed by atoms with Crippen molar-refractivity contribution >= 4 is 27.6 Å². The van der Waals surface area contributed by atoms with E-state index < -0.39 is 10.0 Å². The molecule has 0 radical (unpaired) electrons. The van der Waals surface area contributed by atoms with E-state index in [0.717, 1.165) is 19.3 Å². The van der Waals surface area contributed by atoms with Gasteiger partial charge in [0.25, 0.3) is 10.0 Å². The summed E-state index contributed by atoms with van der Waals surface area (Å²) >= 11 is 0. The minimum Gasteiger partial charge on any atom is -0.326 e. The third-order valence-electron chi connectivity index (χ3n) is 3.25. The maximum Gasteiger partial charge on any atom is 0.264 e. The third-order valence-corrected chi connectivity index (χ3v) is 4.59. The van der Waals surface area contributed by atoms with Crippen molar-refractivity contribution in [1.82, 2.24) is 9.97 Å². The molecule has 0 aliphatic rings. The number of benzene rings is 1. The highest BCUT2D eigenvalue weighted by atomic mass is 32.2. The van der Waals surface area contributed by atoms with Gasteiger partial charge in [-0.3, -0.25) is 4.79 Å². The molecule has 0 fully saturated rings. The molecule has 1 amide bonds. The molecular formula is C16H20N4O3S. The van der Waals surface area contributed by atoms with Gasteiger partial charge >= 0.3 is 0 Å². The molecule has 2 N–H and O–H groups in total. The number of anilines is 2. The van der Waals surface area contributed by atoms with Crippen molar-refractivity contribution in [2.45, 2.75) is 37.5 Å². The maximum absolute atomic E-state index is 12.2. The molecular weight excluding hydrogens is 328 g/mol. The first-order valence-electron chi connectivity index (χ1n) is 7.71. The monoisotopic (exact) mass is 348 g/mol. The molecule has 24 heavy (non-hydrogen) atoms.